The van der Waals surface area contributed by atoms with E-state index in [1.165, 1.54) is 5.56 Å². The zero-order valence-electron chi connectivity index (χ0n) is 9.79. The molecule has 0 unspecified atom stereocenters. The van der Waals surface area contributed by atoms with E-state index in [0.717, 1.165) is 22.6 Å². The lowest BCUT2D eigenvalue weighted by Crippen LogP contribution is -2.04. The van der Waals surface area contributed by atoms with Crippen LogP contribution >= 0.6 is 11.6 Å². The Labute approximate surface area is 100 Å². The maximum absolute atomic E-state index is 6.30. The maximum Gasteiger partial charge on any atom is 0.135 e. The Morgan fingerprint density at radius 2 is 2.19 bits per heavy atom. The van der Waals surface area contributed by atoms with Crippen molar-refractivity contribution in [1.29, 1.82) is 0 Å². The van der Waals surface area contributed by atoms with Crippen molar-refractivity contribution in [2.75, 3.05) is 7.05 Å². The number of aromatic nitrogens is 2. The Morgan fingerprint density at radius 3 is 2.81 bits per heavy atom. The zero-order valence-corrected chi connectivity index (χ0v) is 10.5. The molecular weight excluding hydrogens is 222 g/mol. The van der Waals surface area contributed by atoms with Crippen LogP contribution in [0.1, 0.15) is 25.5 Å². The molecule has 0 aliphatic rings. The van der Waals surface area contributed by atoms with Crippen molar-refractivity contribution in [3.63, 3.8) is 0 Å². The number of rotatable bonds is 3. The quantitative estimate of drug-likeness (QED) is 0.890. The van der Waals surface area contributed by atoms with Gasteiger partial charge in [0.15, 0.2) is 0 Å². The Balaban J connectivity index is 2.55. The van der Waals surface area contributed by atoms with E-state index in [2.05, 4.69) is 36.4 Å². The van der Waals surface area contributed by atoms with Gasteiger partial charge in [0.25, 0.3) is 0 Å². The van der Waals surface area contributed by atoms with Gasteiger partial charge in [-0.1, -0.05) is 17.7 Å². The summed E-state index contributed by atoms with van der Waals surface area (Å²) >= 11 is 6.30. The standard InChI is InChI=1S/C12H16ClN3/c1-8(2)16-12(13)10-6-9(7-14-3)4-5-11(10)15-16/h4-6,8,14H,7H2,1-3H3. The number of halogens is 1. The number of nitrogens with zero attached hydrogens (tertiary/aromatic N) is 2. The average molecular weight is 238 g/mol. The minimum absolute atomic E-state index is 0.285. The number of nitrogens with one attached hydrogen (secondary N) is 1. The minimum Gasteiger partial charge on any atom is -0.316 e. The molecule has 1 aromatic carbocycles. The molecule has 16 heavy (non-hydrogen) atoms. The summed E-state index contributed by atoms with van der Waals surface area (Å²) < 4.78 is 1.86. The summed E-state index contributed by atoms with van der Waals surface area (Å²) in [6.45, 7) is 5.00. The fourth-order valence-corrected chi connectivity index (χ4v) is 2.16. The first-order valence-electron chi connectivity index (χ1n) is 5.44. The molecule has 1 aromatic heterocycles. The van der Waals surface area contributed by atoms with Crippen LogP contribution in [0.5, 0.6) is 0 Å². The fourth-order valence-electron chi connectivity index (χ4n) is 1.78. The van der Waals surface area contributed by atoms with Crippen molar-refractivity contribution in [2.45, 2.75) is 26.4 Å². The van der Waals surface area contributed by atoms with E-state index < -0.39 is 0 Å². The van der Waals surface area contributed by atoms with Crippen LogP contribution in [0, 0.1) is 0 Å². The van der Waals surface area contributed by atoms with Gasteiger partial charge >= 0.3 is 0 Å². The zero-order chi connectivity index (χ0) is 11.7. The van der Waals surface area contributed by atoms with E-state index in [-0.39, 0.29) is 6.04 Å². The van der Waals surface area contributed by atoms with Gasteiger partial charge in [0.2, 0.25) is 0 Å². The summed E-state index contributed by atoms with van der Waals surface area (Å²) in [5.74, 6) is 0. The highest BCUT2D eigenvalue weighted by Crippen LogP contribution is 2.26. The van der Waals surface area contributed by atoms with Crippen LogP contribution in [0.2, 0.25) is 5.15 Å². The first-order valence-corrected chi connectivity index (χ1v) is 5.82. The fraction of sp³-hybridized carbons (Fsp3) is 0.417. The first-order chi connectivity index (χ1) is 7.63. The van der Waals surface area contributed by atoms with E-state index in [1.807, 2.05) is 17.8 Å². The van der Waals surface area contributed by atoms with Gasteiger partial charge in [-0.15, -0.1) is 0 Å². The maximum atomic E-state index is 6.30. The molecule has 0 spiro atoms. The van der Waals surface area contributed by atoms with Gasteiger partial charge in [-0.3, -0.25) is 4.68 Å². The van der Waals surface area contributed by atoms with Crippen molar-refractivity contribution in [2.24, 2.45) is 0 Å². The SMILES string of the molecule is CNCc1ccc2nn(C(C)C)c(Cl)c2c1. The molecule has 0 bridgehead atoms. The van der Waals surface area contributed by atoms with E-state index >= 15 is 0 Å². The molecule has 86 valence electrons. The molecule has 2 aromatic rings. The monoisotopic (exact) mass is 237 g/mol. The number of benzene rings is 1. The molecule has 2 rings (SSSR count). The Morgan fingerprint density at radius 1 is 1.44 bits per heavy atom. The lowest BCUT2D eigenvalue weighted by atomic mass is 10.1. The molecule has 0 atom stereocenters. The van der Waals surface area contributed by atoms with Gasteiger partial charge in [0.05, 0.1) is 5.52 Å². The molecule has 0 saturated carbocycles. The highest BCUT2D eigenvalue weighted by Gasteiger charge is 2.11. The van der Waals surface area contributed by atoms with Crippen LogP contribution in [0.15, 0.2) is 18.2 Å². The average Bonchev–Trinajstić information content (AvgIpc) is 2.57. The number of hydrogen-bond acceptors (Lipinski definition) is 2. The lowest BCUT2D eigenvalue weighted by molar-refractivity contribution is 0.538. The second-order valence-corrected chi connectivity index (χ2v) is 4.57. The molecule has 1 N–H and O–H groups in total. The summed E-state index contributed by atoms with van der Waals surface area (Å²) in [6.07, 6.45) is 0. The third-order valence-electron chi connectivity index (χ3n) is 2.57. The topological polar surface area (TPSA) is 29.9 Å². The van der Waals surface area contributed by atoms with Crippen molar-refractivity contribution < 1.29 is 0 Å². The van der Waals surface area contributed by atoms with Gasteiger partial charge in [0.1, 0.15) is 5.15 Å². The van der Waals surface area contributed by atoms with Gasteiger partial charge < -0.3 is 5.32 Å². The predicted molar refractivity (Wildman–Crippen MR) is 67.9 cm³/mol. The molecule has 3 nitrogen and oxygen atoms in total. The van der Waals surface area contributed by atoms with Crippen molar-refractivity contribution in [3.8, 4) is 0 Å². The Bertz CT molecular complexity index is 502. The second-order valence-electron chi connectivity index (χ2n) is 4.21. The summed E-state index contributed by atoms with van der Waals surface area (Å²) in [4.78, 5) is 0. The van der Waals surface area contributed by atoms with Crippen molar-refractivity contribution in [1.82, 2.24) is 15.1 Å². The van der Waals surface area contributed by atoms with E-state index in [0.29, 0.717) is 0 Å². The van der Waals surface area contributed by atoms with Crippen molar-refractivity contribution >= 4 is 22.5 Å². The molecule has 0 amide bonds. The Hall–Kier alpha value is -1.06. The van der Waals surface area contributed by atoms with E-state index in [4.69, 9.17) is 11.6 Å². The van der Waals surface area contributed by atoms with E-state index in [9.17, 15) is 0 Å². The number of hydrogen-bond donors (Lipinski definition) is 1. The number of fused-ring (bicyclic) bond motifs is 1. The van der Waals surface area contributed by atoms with Crippen LogP contribution in [0.3, 0.4) is 0 Å². The summed E-state index contributed by atoms with van der Waals surface area (Å²) in [7, 11) is 1.93. The smallest absolute Gasteiger partial charge is 0.135 e. The van der Waals surface area contributed by atoms with Gasteiger partial charge in [-0.25, -0.2) is 0 Å². The summed E-state index contributed by atoms with van der Waals surface area (Å²) in [6, 6.07) is 6.48. The normalized spacial score (nSPS) is 11.6. The molecule has 0 fully saturated rings. The van der Waals surface area contributed by atoms with Crippen LogP contribution < -0.4 is 5.32 Å². The highest BCUT2D eigenvalue weighted by molar-refractivity contribution is 6.34. The second kappa shape index (κ2) is 4.44. The molecule has 0 radical (unpaired) electrons. The molecule has 1 heterocycles. The summed E-state index contributed by atoms with van der Waals surface area (Å²) in [5, 5.41) is 9.36. The molecule has 4 heteroatoms. The summed E-state index contributed by atoms with van der Waals surface area (Å²) in [5.41, 5.74) is 2.18. The van der Waals surface area contributed by atoms with Gasteiger partial charge in [-0.2, -0.15) is 5.10 Å². The lowest BCUT2D eigenvalue weighted by Gasteiger charge is -2.05. The van der Waals surface area contributed by atoms with Crippen LogP contribution in [-0.4, -0.2) is 16.8 Å². The van der Waals surface area contributed by atoms with Gasteiger partial charge in [-0.05, 0) is 38.6 Å². The van der Waals surface area contributed by atoms with Gasteiger partial charge in [0, 0.05) is 18.0 Å². The minimum atomic E-state index is 0.285. The molecule has 0 aliphatic heterocycles. The highest BCUT2D eigenvalue weighted by atomic mass is 35.5. The first kappa shape index (κ1) is 11.4. The van der Waals surface area contributed by atoms with Crippen molar-refractivity contribution in [3.05, 3.63) is 28.9 Å². The molecular formula is C12H16ClN3. The third-order valence-corrected chi connectivity index (χ3v) is 2.95. The predicted octanol–water partition coefficient (Wildman–Crippen LogP) is 2.99. The third kappa shape index (κ3) is 1.93. The van der Waals surface area contributed by atoms with Crippen LogP contribution in [0.4, 0.5) is 0 Å². The molecule has 0 aliphatic carbocycles. The van der Waals surface area contributed by atoms with Crippen LogP contribution in [0.25, 0.3) is 10.9 Å². The Kier molecular flexibility index (Phi) is 3.17. The van der Waals surface area contributed by atoms with E-state index in [1.54, 1.807) is 0 Å². The van der Waals surface area contributed by atoms with Crippen LogP contribution in [-0.2, 0) is 6.54 Å². The molecule has 0 saturated heterocycles. The largest absolute Gasteiger partial charge is 0.316 e.